The largest absolute Gasteiger partial charge is 0.457 e. The summed E-state index contributed by atoms with van der Waals surface area (Å²) in [5.41, 5.74) is 1.54. The zero-order chi connectivity index (χ0) is 15.0. The highest BCUT2D eigenvalue weighted by Crippen LogP contribution is 2.35. The highest BCUT2D eigenvalue weighted by atomic mass is 35.5. The Labute approximate surface area is 125 Å². The number of hydrogen-bond acceptors (Lipinski definition) is 3. The van der Waals surface area contributed by atoms with Gasteiger partial charge in [-0.15, -0.1) is 0 Å². The van der Waals surface area contributed by atoms with E-state index in [2.05, 4.69) is 10.6 Å². The van der Waals surface area contributed by atoms with Crippen molar-refractivity contribution in [1.29, 1.82) is 0 Å². The van der Waals surface area contributed by atoms with Crippen LogP contribution in [0, 0.1) is 5.82 Å². The molecule has 4 nitrogen and oxygen atoms in total. The molecular formula is C15H12ClFN2O2. The number of benzene rings is 2. The van der Waals surface area contributed by atoms with E-state index in [0.29, 0.717) is 17.2 Å². The highest BCUT2D eigenvalue weighted by Gasteiger charge is 2.29. The summed E-state index contributed by atoms with van der Waals surface area (Å²) in [7, 11) is 1.72. The minimum atomic E-state index is -0.543. The summed E-state index contributed by atoms with van der Waals surface area (Å²) in [5, 5.41) is 5.75. The fourth-order valence-corrected chi connectivity index (χ4v) is 2.39. The van der Waals surface area contributed by atoms with Crippen LogP contribution in [0.2, 0.25) is 5.02 Å². The number of ether oxygens (including phenoxy) is 1. The van der Waals surface area contributed by atoms with Crippen LogP contribution < -0.4 is 15.4 Å². The maximum absolute atomic E-state index is 13.4. The van der Waals surface area contributed by atoms with E-state index < -0.39 is 5.82 Å². The van der Waals surface area contributed by atoms with Gasteiger partial charge in [0.25, 0.3) is 0 Å². The SMILES string of the molecule is CNC1C(=O)Nc2cc(Oc3ccc(Cl)c(F)c3)ccc21. The van der Waals surface area contributed by atoms with Crippen LogP contribution in [0.1, 0.15) is 11.6 Å². The summed E-state index contributed by atoms with van der Waals surface area (Å²) in [4.78, 5) is 11.7. The molecule has 0 bridgehead atoms. The molecule has 1 unspecified atom stereocenters. The first-order chi connectivity index (χ1) is 10.1. The first kappa shape index (κ1) is 13.9. The summed E-state index contributed by atoms with van der Waals surface area (Å²) in [6, 6.07) is 9.10. The van der Waals surface area contributed by atoms with Crippen LogP contribution in [0.5, 0.6) is 11.5 Å². The maximum Gasteiger partial charge on any atom is 0.246 e. The average molecular weight is 307 g/mol. The van der Waals surface area contributed by atoms with Gasteiger partial charge >= 0.3 is 0 Å². The normalized spacial score (nSPS) is 16.5. The van der Waals surface area contributed by atoms with Crippen LogP contribution in [0.15, 0.2) is 36.4 Å². The van der Waals surface area contributed by atoms with Gasteiger partial charge in [-0.2, -0.15) is 0 Å². The Morgan fingerprint density at radius 3 is 2.67 bits per heavy atom. The number of rotatable bonds is 3. The molecule has 1 heterocycles. The Hall–Kier alpha value is -2.11. The summed E-state index contributed by atoms with van der Waals surface area (Å²) in [6.45, 7) is 0. The molecule has 0 aliphatic carbocycles. The van der Waals surface area contributed by atoms with Gasteiger partial charge in [-0.1, -0.05) is 17.7 Å². The fourth-order valence-electron chi connectivity index (χ4n) is 2.27. The van der Waals surface area contributed by atoms with Crippen LogP contribution in [0.25, 0.3) is 0 Å². The second kappa shape index (κ2) is 5.35. The maximum atomic E-state index is 13.4. The highest BCUT2D eigenvalue weighted by molar-refractivity contribution is 6.30. The minimum absolute atomic E-state index is 0.0421. The Morgan fingerprint density at radius 1 is 1.24 bits per heavy atom. The van der Waals surface area contributed by atoms with Crippen molar-refractivity contribution in [2.45, 2.75) is 6.04 Å². The van der Waals surface area contributed by atoms with Crippen molar-refractivity contribution < 1.29 is 13.9 Å². The van der Waals surface area contributed by atoms with Gasteiger partial charge < -0.3 is 15.4 Å². The van der Waals surface area contributed by atoms with Crippen LogP contribution in [-0.4, -0.2) is 13.0 Å². The molecule has 0 spiro atoms. The molecule has 2 aromatic carbocycles. The Morgan fingerprint density at radius 2 is 1.95 bits per heavy atom. The molecule has 1 atom stereocenters. The number of hydrogen-bond donors (Lipinski definition) is 2. The van der Waals surface area contributed by atoms with Crippen LogP contribution in [0.3, 0.4) is 0 Å². The van der Waals surface area contributed by atoms with Crippen molar-refractivity contribution >= 4 is 23.2 Å². The van der Waals surface area contributed by atoms with Gasteiger partial charge in [-0.3, -0.25) is 4.79 Å². The Kier molecular flexibility index (Phi) is 3.53. The van der Waals surface area contributed by atoms with Crippen molar-refractivity contribution in [3.05, 3.63) is 52.8 Å². The number of anilines is 1. The Bertz CT molecular complexity index is 721. The van der Waals surface area contributed by atoms with Crippen LogP contribution in [-0.2, 0) is 4.79 Å². The molecule has 1 aliphatic rings. The lowest BCUT2D eigenvalue weighted by atomic mass is 10.1. The predicted molar refractivity (Wildman–Crippen MR) is 78.4 cm³/mol. The van der Waals surface area contributed by atoms with Crippen molar-refractivity contribution in [3.63, 3.8) is 0 Å². The van der Waals surface area contributed by atoms with Gasteiger partial charge in [0.1, 0.15) is 23.4 Å². The van der Waals surface area contributed by atoms with Gasteiger partial charge in [-0.05, 0) is 25.2 Å². The summed E-state index contributed by atoms with van der Waals surface area (Å²) in [6.07, 6.45) is 0. The second-order valence-corrected chi connectivity index (χ2v) is 5.05. The van der Waals surface area contributed by atoms with Crippen LogP contribution in [0.4, 0.5) is 10.1 Å². The van der Waals surface area contributed by atoms with Gasteiger partial charge in [0.15, 0.2) is 0 Å². The summed E-state index contributed by atoms with van der Waals surface area (Å²) >= 11 is 5.62. The monoisotopic (exact) mass is 306 g/mol. The molecule has 0 fully saturated rings. The van der Waals surface area contributed by atoms with Gasteiger partial charge in [-0.25, -0.2) is 4.39 Å². The molecule has 2 N–H and O–H groups in total. The summed E-state index contributed by atoms with van der Waals surface area (Å²) < 4.78 is 18.9. The van der Waals surface area contributed by atoms with Crippen molar-refractivity contribution in [2.75, 3.05) is 12.4 Å². The molecule has 3 rings (SSSR count). The number of likely N-dealkylation sites (N-methyl/N-ethyl adjacent to an activating group) is 1. The molecule has 0 saturated heterocycles. The fraction of sp³-hybridized carbons (Fsp3) is 0.133. The topological polar surface area (TPSA) is 50.4 Å². The number of halogens is 2. The predicted octanol–water partition coefficient (Wildman–Crippen LogP) is 3.48. The molecule has 0 radical (unpaired) electrons. The third kappa shape index (κ3) is 2.57. The van der Waals surface area contributed by atoms with Crippen molar-refractivity contribution in [1.82, 2.24) is 5.32 Å². The number of nitrogens with one attached hydrogen (secondary N) is 2. The first-order valence-corrected chi connectivity index (χ1v) is 6.71. The van der Waals surface area contributed by atoms with Crippen molar-refractivity contribution in [3.8, 4) is 11.5 Å². The zero-order valence-electron chi connectivity index (χ0n) is 11.1. The molecule has 0 aromatic heterocycles. The molecule has 21 heavy (non-hydrogen) atoms. The van der Waals surface area contributed by atoms with Crippen molar-refractivity contribution in [2.24, 2.45) is 0 Å². The summed E-state index contributed by atoms with van der Waals surface area (Å²) in [5.74, 6) is 0.194. The molecular weight excluding hydrogens is 295 g/mol. The standard InChI is InChI=1S/C15H12ClFN2O2/c1-18-14-10-4-2-9(7-13(10)19-15(14)20)21-8-3-5-11(16)12(17)6-8/h2-7,14,18H,1H3,(H,19,20). The molecule has 1 aliphatic heterocycles. The van der Waals surface area contributed by atoms with Gasteiger partial charge in [0.05, 0.1) is 5.02 Å². The van der Waals surface area contributed by atoms with E-state index in [1.165, 1.54) is 12.1 Å². The molecule has 2 aromatic rings. The van der Waals surface area contributed by atoms with E-state index in [-0.39, 0.29) is 17.0 Å². The number of fused-ring (bicyclic) bond motifs is 1. The van der Waals surface area contributed by atoms with E-state index in [0.717, 1.165) is 5.56 Å². The molecule has 1 amide bonds. The number of amides is 1. The first-order valence-electron chi connectivity index (χ1n) is 6.33. The number of carbonyl (C=O) groups excluding carboxylic acids is 1. The molecule has 0 saturated carbocycles. The quantitative estimate of drug-likeness (QED) is 0.912. The average Bonchev–Trinajstić information content (AvgIpc) is 2.77. The van der Waals surface area contributed by atoms with E-state index in [4.69, 9.17) is 16.3 Å². The lowest BCUT2D eigenvalue weighted by Gasteiger charge is -2.09. The smallest absolute Gasteiger partial charge is 0.246 e. The third-order valence-corrected chi connectivity index (χ3v) is 3.58. The van der Waals surface area contributed by atoms with E-state index in [1.807, 2.05) is 0 Å². The lowest BCUT2D eigenvalue weighted by molar-refractivity contribution is -0.117. The zero-order valence-corrected chi connectivity index (χ0v) is 11.9. The van der Waals surface area contributed by atoms with E-state index in [1.54, 1.807) is 31.3 Å². The Balaban J connectivity index is 1.87. The molecule has 6 heteroatoms. The third-order valence-electron chi connectivity index (χ3n) is 3.27. The van der Waals surface area contributed by atoms with Gasteiger partial charge in [0.2, 0.25) is 5.91 Å². The van der Waals surface area contributed by atoms with E-state index >= 15 is 0 Å². The lowest BCUT2D eigenvalue weighted by Crippen LogP contribution is -2.23. The number of carbonyl (C=O) groups is 1. The minimum Gasteiger partial charge on any atom is -0.457 e. The van der Waals surface area contributed by atoms with E-state index in [9.17, 15) is 9.18 Å². The van der Waals surface area contributed by atoms with Crippen LogP contribution >= 0.6 is 11.6 Å². The molecule has 108 valence electrons. The van der Waals surface area contributed by atoms with Gasteiger partial charge in [0, 0.05) is 23.4 Å². The second-order valence-electron chi connectivity index (χ2n) is 4.64.